The van der Waals surface area contributed by atoms with Gasteiger partial charge in [0.15, 0.2) is 8.32 Å². The van der Waals surface area contributed by atoms with Crippen molar-refractivity contribution in [1.82, 2.24) is 0 Å². The SMILES string of the molecule is C[Si](C)(C)OCCCI. The van der Waals surface area contributed by atoms with Crippen molar-refractivity contribution in [3.05, 3.63) is 0 Å². The zero-order valence-electron chi connectivity index (χ0n) is 6.41. The van der Waals surface area contributed by atoms with Gasteiger partial charge in [0.05, 0.1) is 0 Å². The molecule has 0 atom stereocenters. The van der Waals surface area contributed by atoms with Crippen molar-refractivity contribution in [2.45, 2.75) is 26.1 Å². The summed E-state index contributed by atoms with van der Waals surface area (Å²) in [7, 11) is -1.20. The average molecular weight is 258 g/mol. The molecule has 0 aliphatic rings. The highest BCUT2D eigenvalue weighted by Crippen LogP contribution is 2.03. The zero-order chi connectivity index (χ0) is 7.33. The zero-order valence-corrected chi connectivity index (χ0v) is 9.57. The largest absolute Gasteiger partial charge is 0.418 e. The van der Waals surface area contributed by atoms with Crippen LogP contribution in [0.2, 0.25) is 19.6 Å². The molecule has 0 heterocycles. The molecule has 0 aliphatic carbocycles. The first-order valence-electron chi connectivity index (χ1n) is 3.26. The van der Waals surface area contributed by atoms with Gasteiger partial charge in [0.25, 0.3) is 0 Å². The van der Waals surface area contributed by atoms with E-state index in [1.54, 1.807) is 0 Å². The lowest BCUT2D eigenvalue weighted by molar-refractivity contribution is 0.313. The van der Waals surface area contributed by atoms with Crippen LogP contribution in [0.5, 0.6) is 0 Å². The fourth-order valence-corrected chi connectivity index (χ4v) is 1.50. The third-order valence-electron chi connectivity index (χ3n) is 0.813. The van der Waals surface area contributed by atoms with Gasteiger partial charge in [-0.05, 0) is 26.1 Å². The Bertz CT molecular complexity index is 69.9. The van der Waals surface area contributed by atoms with Gasteiger partial charge < -0.3 is 4.43 Å². The van der Waals surface area contributed by atoms with Crippen LogP contribution in [0, 0.1) is 0 Å². The molecule has 0 aromatic carbocycles. The molecule has 0 N–H and O–H groups in total. The Kier molecular flexibility index (Phi) is 5.15. The molecular weight excluding hydrogens is 243 g/mol. The van der Waals surface area contributed by atoms with Gasteiger partial charge in [0.2, 0.25) is 0 Å². The Morgan fingerprint density at radius 3 is 2.22 bits per heavy atom. The van der Waals surface area contributed by atoms with E-state index in [1.807, 2.05) is 0 Å². The first-order valence-corrected chi connectivity index (χ1v) is 8.19. The molecule has 0 saturated heterocycles. The molecule has 0 aromatic heterocycles. The van der Waals surface area contributed by atoms with Crippen molar-refractivity contribution in [1.29, 1.82) is 0 Å². The molecule has 0 amide bonds. The molecule has 56 valence electrons. The van der Waals surface area contributed by atoms with Crippen LogP contribution in [-0.4, -0.2) is 19.4 Å². The Balaban J connectivity index is 3.07. The van der Waals surface area contributed by atoms with Gasteiger partial charge >= 0.3 is 0 Å². The van der Waals surface area contributed by atoms with E-state index >= 15 is 0 Å². The summed E-state index contributed by atoms with van der Waals surface area (Å²) in [6.45, 7) is 7.62. The van der Waals surface area contributed by atoms with Crippen molar-refractivity contribution in [3.8, 4) is 0 Å². The summed E-state index contributed by atoms with van der Waals surface area (Å²) in [6, 6.07) is 0. The highest BCUT2D eigenvalue weighted by Gasteiger charge is 2.12. The van der Waals surface area contributed by atoms with Crippen LogP contribution in [-0.2, 0) is 4.43 Å². The van der Waals surface area contributed by atoms with Crippen molar-refractivity contribution in [3.63, 3.8) is 0 Å². The van der Waals surface area contributed by atoms with Crippen LogP contribution in [0.15, 0.2) is 0 Å². The van der Waals surface area contributed by atoms with E-state index in [9.17, 15) is 0 Å². The van der Waals surface area contributed by atoms with E-state index in [1.165, 1.54) is 10.8 Å². The minimum absolute atomic E-state index is 0.957. The van der Waals surface area contributed by atoms with Crippen molar-refractivity contribution in [2.24, 2.45) is 0 Å². The lowest BCUT2D eigenvalue weighted by Crippen LogP contribution is -2.25. The minimum Gasteiger partial charge on any atom is -0.418 e. The molecule has 0 fully saturated rings. The van der Waals surface area contributed by atoms with Crippen LogP contribution in [0.1, 0.15) is 6.42 Å². The van der Waals surface area contributed by atoms with Gasteiger partial charge in [-0.15, -0.1) is 0 Å². The van der Waals surface area contributed by atoms with Crippen LogP contribution in [0.25, 0.3) is 0 Å². The summed E-state index contributed by atoms with van der Waals surface area (Å²) >= 11 is 2.37. The molecule has 0 radical (unpaired) electrons. The maximum Gasteiger partial charge on any atom is 0.183 e. The Labute approximate surface area is 72.4 Å². The van der Waals surface area contributed by atoms with Crippen LogP contribution < -0.4 is 0 Å². The predicted molar refractivity (Wildman–Crippen MR) is 52.8 cm³/mol. The van der Waals surface area contributed by atoms with Crippen molar-refractivity contribution >= 4 is 30.9 Å². The summed E-state index contributed by atoms with van der Waals surface area (Å²) < 4.78 is 6.81. The summed E-state index contributed by atoms with van der Waals surface area (Å²) in [5.41, 5.74) is 0. The summed E-state index contributed by atoms with van der Waals surface area (Å²) in [5.74, 6) is 0. The first kappa shape index (κ1) is 9.91. The first-order chi connectivity index (χ1) is 4.06. The fraction of sp³-hybridized carbons (Fsp3) is 1.00. The number of hydrogen-bond acceptors (Lipinski definition) is 1. The standard InChI is InChI=1S/C6H15IOSi/c1-9(2,3)8-6-4-5-7/h4-6H2,1-3H3. The minimum atomic E-state index is -1.20. The number of halogens is 1. The molecule has 0 bridgehead atoms. The van der Waals surface area contributed by atoms with E-state index < -0.39 is 8.32 Å². The highest BCUT2D eigenvalue weighted by molar-refractivity contribution is 14.1. The van der Waals surface area contributed by atoms with E-state index in [-0.39, 0.29) is 0 Å². The van der Waals surface area contributed by atoms with Crippen LogP contribution >= 0.6 is 22.6 Å². The molecule has 0 unspecified atom stereocenters. The normalized spacial score (nSPS) is 12.0. The molecular formula is C6H15IOSi. The van der Waals surface area contributed by atoms with Crippen LogP contribution in [0.3, 0.4) is 0 Å². The van der Waals surface area contributed by atoms with Gasteiger partial charge in [0.1, 0.15) is 0 Å². The molecule has 0 aliphatic heterocycles. The molecule has 1 nitrogen and oxygen atoms in total. The summed E-state index contributed by atoms with van der Waals surface area (Å²) in [5, 5.41) is 0. The van der Waals surface area contributed by atoms with E-state index in [4.69, 9.17) is 4.43 Å². The molecule has 0 saturated carbocycles. The second-order valence-electron chi connectivity index (χ2n) is 3.00. The lowest BCUT2D eigenvalue weighted by atomic mass is 10.5. The van der Waals surface area contributed by atoms with Gasteiger partial charge in [-0.3, -0.25) is 0 Å². The average Bonchev–Trinajstić information content (AvgIpc) is 1.63. The van der Waals surface area contributed by atoms with Gasteiger partial charge in [-0.1, -0.05) is 22.6 Å². The highest BCUT2D eigenvalue weighted by atomic mass is 127. The Hall–Kier alpha value is 0.907. The van der Waals surface area contributed by atoms with E-state index in [2.05, 4.69) is 42.2 Å². The predicted octanol–water partition coefficient (Wildman–Crippen LogP) is 2.66. The Morgan fingerprint density at radius 2 is 1.89 bits per heavy atom. The monoisotopic (exact) mass is 258 g/mol. The van der Waals surface area contributed by atoms with Crippen LogP contribution in [0.4, 0.5) is 0 Å². The lowest BCUT2D eigenvalue weighted by Gasteiger charge is -2.15. The number of hydrogen-bond donors (Lipinski definition) is 0. The smallest absolute Gasteiger partial charge is 0.183 e. The number of rotatable bonds is 4. The van der Waals surface area contributed by atoms with Gasteiger partial charge in [-0.2, -0.15) is 0 Å². The Morgan fingerprint density at radius 1 is 1.33 bits per heavy atom. The third-order valence-corrected chi connectivity index (χ3v) is 2.65. The maximum absolute atomic E-state index is 5.60. The molecule has 0 spiro atoms. The van der Waals surface area contributed by atoms with Crippen molar-refractivity contribution in [2.75, 3.05) is 11.0 Å². The van der Waals surface area contributed by atoms with E-state index in [0.29, 0.717) is 0 Å². The maximum atomic E-state index is 5.60. The third kappa shape index (κ3) is 8.91. The summed E-state index contributed by atoms with van der Waals surface area (Å²) in [4.78, 5) is 0. The molecule has 9 heavy (non-hydrogen) atoms. The molecule has 3 heteroatoms. The quantitative estimate of drug-likeness (QED) is 0.326. The molecule has 0 rings (SSSR count). The second-order valence-corrected chi connectivity index (χ2v) is 8.60. The van der Waals surface area contributed by atoms with Crippen molar-refractivity contribution < 1.29 is 4.43 Å². The second kappa shape index (κ2) is 4.68. The summed E-state index contributed by atoms with van der Waals surface area (Å²) in [6.07, 6.45) is 1.20. The topological polar surface area (TPSA) is 9.23 Å². The van der Waals surface area contributed by atoms with E-state index in [0.717, 1.165) is 6.61 Å². The van der Waals surface area contributed by atoms with Gasteiger partial charge in [-0.25, -0.2) is 0 Å². The van der Waals surface area contributed by atoms with Gasteiger partial charge in [0, 0.05) is 11.0 Å². The number of alkyl halides is 1. The molecule has 0 aromatic rings. The fourth-order valence-electron chi connectivity index (χ4n) is 0.433.